The quantitative estimate of drug-likeness (QED) is 0.788. The molecule has 1 heterocycles. The van der Waals surface area contributed by atoms with Crippen molar-refractivity contribution in [2.45, 2.75) is 6.42 Å². The van der Waals surface area contributed by atoms with Crippen molar-refractivity contribution in [1.29, 1.82) is 0 Å². The smallest absolute Gasteiger partial charge is 0.151 e. The van der Waals surface area contributed by atoms with Gasteiger partial charge in [0.05, 0.1) is 11.4 Å². The molecule has 0 aromatic heterocycles. The van der Waals surface area contributed by atoms with E-state index < -0.39 is 28.3 Å². The Balaban J connectivity index is 2.17. The molecule has 0 unspecified atom stereocenters. The highest BCUT2D eigenvalue weighted by Crippen LogP contribution is 2.64. The number of hydrogen-bond acceptors (Lipinski definition) is 5. The average molecular weight is 341 g/mol. The number of halogens is 2. The Kier molecular flexibility index (Phi) is 4.15. The van der Waals surface area contributed by atoms with Gasteiger partial charge in [-0.3, -0.25) is 13.4 Å². The Morgan fingerprint density at radius 1 is 0.957 bits per heavy atom. The van der Waals surface area contributed by atoms with E-state index in [0.29, 0.717) is 24.3 Å². The first-order valence-corrected chi connectivity index (χ1v) is 8.54. The van der Waals surface area contributed by atoms with Crippen molar-refractivity contribution in [1.82, 2.24) is 0 Å². The van der Waals surface area contributed by atoms with E-state index in [0.717, 1.165) is 16.4 Å². The molecule has 0 amide bonds. The SMILES string of the molecule is NCCCN1c2ccccc2N(c2c(F)cccc2F)S1(O)O. The molecule has 2 aromatic carbocycles. The maximum Gasteiger partial charge on any atom is 0.151 e. The van der Waals surface area contributed by atoms with Gasteiger partial charge in [0.15, 0.2) is 11.6 Å². The lowest BCUT2D eigenvalue weighted by molar-refractivity contribution is 0.481. The molecule has 0 bridgehead atoms. The maximum atomic E-state index is 14.2. The van der Waals surface area contributed by atoms with E-state index in [1.807, 2.05) is 0 Å². The van der Waals surface area contributed by atoms with E-state index in [4.69, 9.17) is 5.73 Å². The van der Waals surface area contributed by atoms with Gasteiger partial charge in [0.2, 0.25) is 0 Å². The van der Waals surface area contributed by atoms with Crippen LogP contribution in [0.4, 0.5) is 25.8 Å². The minimum atomic E-state index is -3.63. The average Bonchev–Trinajstić information content (AvgIpc) is 2.73. The van der Waals surface area contributed by atoms with Gasteiger partial charge in [0.25, 0.3) is 0 Å². The molecule has 8 heteroatoms. The molecule has 0 saturated heterocycles. The predicted octanol–water partition coefficient (Wildman–Crippen LogP) is 3.85. The summed E-state index contributed by atoms with van der Waals surface area (Å²) < 4.78 is 52.0. The Hall–Kier alpha value is -1.87. The van der Waals surface area contributed by atoms with E-state index in [9.17, 15) is 17.9 Å². The Labute approximate surface area is 134 Å². The second-order valence-corrected chi connectivity index (χ2v) is 6.87. The largest absolute Gasteiger partial charge is 0.330 e. The minimum absolute atomic E-state index is 0.266. The first-order chi connectivity index (χ1) is 11.0. The number of fused-ring (bicyclic) bond motifs is 1. The maximum absolute atomic E-state index is 14.2. The number of para-hydroxylation sites is 3. The Morgan fingerprint density at radius 3 is 2.17 bits per heavy atom. The van der Waals surface area contributed by atoms with Crippen LogP contribution >= 0.6 is 11.0 Å². The Morgan fingerprint density at radius 2 is 1.57 bits per heavy atom. The van der Waals surface area contributed by atoms with Crippen LogP contribution in [0.5, 0.6) is 0 Å². The topological polar surface area (TPSA) is 73.0 Å². The van der Waals surface area contributed by atoms with Gasteiger partial charge < -0.3 is 5.73 Å². The molecule has 0 fully saturated rings. The van der Waals surface area contributed by atoms with Crippen molar-refractivity contribution in [3.63, 3.8) is 0 Å². The summed E-state index contributed by atoms with van der Waals surface area (Å²) in [6.07, 6.45) is 0.512. The second kappa shape index (κ2) is 5.97. The van der Waals surface area contributed by atoms with Crippen LogP contribution in [0.2, 0.25) is 0 Å². The molecule has 1 aliphatic rings. The van der Waals surface area contributed by atoms with E-state index in [2.05, 4.69) is 0 Å². The predicted molar refractivity (Wildman–Crippen MR) is 88.8 cm³/mol. The van der Waals surface area contributed by atoms with Crippen molar-refractivity contribution in [3.8, 4) is 0 Å². The summed E-state index contributed by atoms with van der Waals surface area (Å²) in [6.45, 7) is 0.630. The van der Waals surface area contributed by atoms with Crippen LogP contribution < -0.4 is 14.3 Å². The van der Waals surface area contributed by atoms with Gasteiger partial charge in [-0.05, 0) is 48.2 Å². The molecule has 0 aliphatic carbocycles. The highest BCUT2D eigenvalue weighted by atomic mass is 32.3. The van der Waals surface area contributed by atoms with Crippen LogP contribution in [0.25, 0.3) is 0 Å². The lowest BCUT2D eigenvalue weighted by Crippen LogP contribution is -2.33. The molecular weight excluding hydrogens is 324 g/mol. The van der Waals surface area contributed by atoms with E-state index in [-0.39, 0.29) is 6.54 Å². The monoisotopic (exact) mass is 341 g/mol. The van der Waals surface area contributed by atoms with Gasteiger partial charge in [-0.2, -0.15) is 0 Å². The summed E-state index contributed by atoms with van der Waals surface area (Å²) in [5, 5.41) is 0. The molecule has 1 aliphatic heterocycles. The molecule has 0 atom stereocenters. The van der Waals surface area contributed by atoms with Crippen molar-refractivity contribution >= 4 is 28.0 Å². The molecular formula is C15H17F2N3O2S. The highest BCUT2D eigenvalue weighted by Gasteiger charge is 2.43. The minimum Gasteiger partial charge on any atom is -0.330 e. The van der Waals surface area contributed by atoms with Crippen molar-refractivity contribution < 1.29 is 17.9 Å². The first-order valence-electron chi connectivity index (χ1n) is 7.07. The number of nitrogens with two attached hydrogens (primary N) is 1. The fourth-order valence-corrected chi connectivity index (χ4v) is 4.44. The van der Waals surface area contributed by atoms with Gasteiger partial charge >= 0.3 is 0 Å². The third-order valence-electron chi connectivity index (χ3n) is 3.62. The fraction of sp³-hybridized carbons (Fsp3) is 0.200. The van der Waals surface area contributed by atoms with Gasteiger partial charge in [-0.15, -0.1) is 0 Å². The van der Waals surface area contributed by atoms with Crippen molar-refractivity contribution in [2.75, 3.05) is 21.7 Å². The second-order valence-electron chi connectivity index (χ2n) is 5.09. The summed E-state index contributed by atoms with van der Waals surface area (Å²) in [5.41, 5.74) is 5.86. The Bertz CT molecular complexity index is 709. The van der Waals surface area contributed by atoms with Crippen molar-refractivity contribution in [3.05, 3.63) is 54.1 Å². The van der Waals surface area contributed by atoms with E-state index in [1.165, 1.54) is 10.4 Å². The molecule has 23 heavy (non-hydrogen) atoms. The highest BCUT2D eigenvalue weighted by molar-refractivity contribution is 8.27. The molecule has 4 N–H and O–H groups in total. The third kappa shape index (κ3) is 2.53. The zero-order valence-electron chi connectivity index (χ0n) is 12.2. The van der Waals surface area contributed by atoms with Crippen LogP contribution in [0.3, 0.4) is 0 Å². The van der Waals surface area contributed by atoms with Crippen LogP contribution in [0, 0.1) is 11.6 Å². The number of rotatable bonds is 4. The van der Waals surface area contributed by atoms with Gasteiger partial charge in [-0.25, -0.2) is 13.1 Å². The molecule has 124 valence electrons. The van der Waals surface area contributed by atoms with Crippen LogP contribution in [0.15, 0.2) is 42.5 Å². The van der Waals surface area contributed by atoms with Crippen LogP contribution in [-0.4, -0.2) is 22.2 Å². The molecule has 0 radical (unpaired) electrons. The standard InChI is InChI=1S/C15H17F2N3O2S/c16-11-5-3-6-12(17)15(11)20-14-8-2-1-7-13(14)19(10-4-9-18)23(20,21)22/h1-3,5-8,21-22H,4,9-10,18H2. The number of anilines is 3. The van der Waals surface area contributed by atoms with Gasteiger partial charge in [0.1, 0.15) is 5.69 Å². The van der Waals surface area contributed by atoms with Crippen LogP contribution in [0.1, 0.15) is 6.42 Å². The normalized spacial score (nSPS) is 17.3. The van der Waals surface area contributed by atoms with Crippen molar-refractivity contribution in [2.24, 2.45) is 5.73 Å². The third-order valence-corrected chi connectivity index (χ3v) is 5.46. The lowest BCUT2D eigenvalue weighted by atomic mass is 10.2. The zero-order valence-corrected chi connectivity index (χ0v) is 13.0. The summed E-state index contributed by atoms with van der Waals surface area (Å²) in [4.78, 5) is 0. The molecule has 0 spiro atoms. The number of nitrogens with zero attached hydrogens (tertiary/aromatic N) is 2. The fourth-order valence-electron chi connectivity index (χ4n) is 2.61. The van der Waals surface area contributed by atoms with Gasteiger partial charge in [0, 0.05) is 6.54 Å². The summed E-state index contributed by atoms with van der Waals surface area (Å²) in [5.74, 6) is -1.72. The summed E-state index contributed by atoms with van der Waals surface area (Å²) in [7, 11) is -3.63. The molecule has 3 rings (SSSR count). The van der Waals surface area contributed by atoms with Crippen LogP contribution in [-0.2, 0) is 0 Å². The van der Waals surface area contributed by atoms with E-state index in [1.54, 1.807) is 24.3 Å². The van der Waals surface area contributed by atoms with Gasteiger partial charge in [-0.1, -0.05) is 18.2 Å². The lowest BCUT2D eigenvalue weighted by Gasteiger charge is -2.43. The molecule has 2 aromatic rings. The van der Waals surface area contributed by atoms with E-state index >= 15 is 0 Å². The summed E-state index contributed by atoms with van der Waals surface area (Å²) >= 11 is 0. The number of benzene rings is 2. The zero-order chi connectivity index (χ0) is 16.6. The molecule has 5 nitrogen and oxygen atoms in total. The number of hydrogen-bond donors (Lipinski definition) is 3. The molecule has 0 saturated carbocycles. The summed E-state index contributed by atoms with van der Waals surface area (Å²) in [6, 6.07) is 10.1. The first kappa shape index (κ1) is 16.0.